The second kappa shape index (κ2) is 7.67. The van der Waals surface area contributed by atoms with E-state index >= 15 is 0 Å². The van der Waals surface area contributed by atoms with Crippen molar-refractivity contribution in [2.24, 2.45) is 0 Å². The van der Waals surface area contributed by atoms with E-state index in [-0.39, 0.29) is 23.2 Å². The number of nitrogens with one attached hydrogen (secondary N) is 1. The largest absolute Gasteiger partial charge is 0.489 e. The van der Waals surface area contributed by atoms with Gasteiger partial charge >= 0.3 is 0 Å². The third-order valence-corrected chi connectivity index (χ3v) is 7.89. The van der Waals surface area contributed by atoms with Gasteiger partial charge in [0.05, 0.1) is 17.2 Å². The molecule has 1 aromatic heterocycles. The van der Waals surface area contributed by atoms with Crippen molar-refractivity contribution in [2.75, 3.05) is 20.1 Å². The zero-order chi connectivity index (χ0) is 24.4. The van der Waals surface area contributed by atoms with E-state index in [0.29, 0.717) is 33.3 Å². The van der Waals surface area contributed by atoms with Crippen molar-refractivity contribution in [3.8, 4) is 11.8 Å². The standard InChI is InChI=1S/C25H25N3O5S/c1-25(2)18-12-20(33-15-6-8-28(3)9-7-15)21(34(30,31)32)11-17(18)23(29)22-16-5-4-14(13-26)10-19(16)27-24(22)25/h4-5,10-12,15,27H,6-9H2,1-3H3,(H,30,31,32). The number of rotatable bonds is 3. The number of nitrogens with zero attached hydrogens (tertiary/aromatic N) is 2. The zero-order valence-electron chi connectivity index (χ0n) is 19.2. The summed E-state index contributed by atoms with van der Waals surface area (Å²) in [4.78, 5) is 18.7. The average molecular weight is 480 g/mol. The smallest absolute Gasteiger partial charge is 0.298 e. The molecule has 0 atom stereocenters. The number of ether oxygens (including phenoxy) is 1. The van der Waals surface area contributed by atoms with Gasteiger partial charge in [0.1, 0.15) is 16.7 Å². The minimum Gasteiger partial charge on any atom is -0.489 e. The van der Waals surface area contributed by atoms with Gasteiger partial charge in [0.25, 0.3) is 10.1 Å². The molecule has 3 aromatic rings. The molecule has 0 bridgehead atoms. The first kappa shape index (κ1) is 22.6. The summed E-state index contributed by atoms with van der Waals surface area (Å²) in [5.74, 6) is -0.279. The van der Waals surface area contributed by atoms with E-state index in [1.165, 1.54) is 6.07 Å². The summed E-state index contributed by atoms with van der Waals surface area (Å²) < 4.78 is 40.7. The molecule has 1 fully saturated rings. The number of likely N-dealkylation sites (tertiary alicyclic amines) is 1. The summed E-state index contributed by atoms with van der Waals surface area (Å²) >= 11 is 0. The molecule has 0 spiro atoms. The van der Waals surface area contributed by atoms with Crippen LogP contribution >= 0.6 is 0 Å². The van der Waals surface area contributed by atoms with Crippen molar-refractivity contribution in [1.29, 1.82) is 5.26 Å². The van der Waals surface area contributed by atoms with Crippen LogP contribution in [0.5, 0.6) is 5.75 Å². The van der Waals surface area contributed by atoms with Crippen molar-refractivity contribution in [1.82, 2.24) is 9.88 Å². The van der Waals surface area contributed by atoms with Gasteiger partial charge in [-0.2, -0.15) is 13.7 Å². The van der Waals surface area contributed by atoms with Gasteiger partial charge < -0.3 is 14.6 Å². The summed E-state index contributed by atoms with van der Waals surface area (Å²) in [6, 6.07) is 10.00. The highest BCUT2D eigenvalue weighted by molar-refractivity contribution is 7.86. The number of carbonyl (C=O) groups excluding carboxylic acids is 1. The number of fused-ring (bicyclic) bond motifs is 4. The topological polar surface area (TPSA) is 123 Å². The molecule has 2 N–H and O–H groups in total. The summed E-state index contributed by atoms with van der Waals surface area (Å²) in [7, 11) is -2.62. The van der Waals surface area contributed by atoms with Gasteiger partial charge in [0.15, 0.2) is 5.78 Å². The number of hydrogen-bond acceptors (Lipinski definition) is 6. The van der Waals surface area contributed by atoms with E-state index in [0.717, 1.165) is 25.9 Å². The maximum atomic E-state index is 13.6. The van der Waals surface area contributed by atoms with Crippen molar-refractivity contribution in [3.05, 3.63) is 58.3 Å². The molecular weight excluding hydrogens is 454 g/mol. The van der Waals surface area contributed by atoms with Gasteiger partial charge in [-0.1, -0.05) is 19.9 Å². The third-order valence-electron chi connectivity index (χ3n) is 7.02. The van der Waals surface area contributed by atoms with Crippen LogP contribution in [0.2, 0.25) is 0 Å². The van der Waals surface area contributed by atoms with Gasteiger partial charge in [-0.05, 0) is 49.7 Å². The lowest BCUT2D eigenvalue weighted by Gasteiger charge is -2.34. The molecule has 1 aliphatic carbocycles. The van der Waals surface area contributed by atoms with Crippen molar-refractivity contribution < 1.29 is 22.5 Å². The number of hydrogen-bond donors (Lipinski definition) is 2. The molecule has 2 aromatic carbocycles. The minimum absolute atomic E-state index is 0.0583. The second-order valence-corrected chi connectivity index (χ2v) is 11.0. The fourth-order valence-corrected chi connectivity index (χ4v) is 5.71. The molecule has 5 rings (SSSR count). The third kappa shape index (κ3) is 3.50. The molecule has 0 amide bonds. The van der Waals surface area contributed by atoms with Crippen LogP contribution in [0.25, 0.3) is 10.9 Å². The van der Waals surface area contributed by atoms with E-state index in [1.807, 2.05) is 20.9 Å². The molecule has 34 heavy (non-hydrogen) atoms. The van der Waals surface area contributed by atoms with Gasteiger partial charge in [0, 0.05) is 40.7 Å². The van der Waals surface area contributed by atoms with E-state index < -0.39 is 20.4 Å². The van der Waals surface area contributed by atoms with Crippen LogP contribution in [0.3, 0.4) is 0 Å². The van der Waals surface area contributed by atoms with Crippen molar-refractivity contribution in [2.45, 2.75) is 43.1 Å². The Morgan fingerprint density at radius 1 is 1.21 bits per heavy atom. The Bertz CT molecular complexity index is 1490. The zero-order valence-corrected chi connectivity index (χ0v) is 20.0. The SMILES string of the molecule is CN1CCC(Oc2cc3c(cc2S(=O)(=O)O)C(=O)c2c([nH]c4cc(C#N)ccc24)C3(C)C)CC1. The Kier molecular flexibility index (Phi) is 5.09. The van der Waals surface area contributed by atoms with E-state index in [1.54, 1.807) is 24.3 Å². The molecule has 2 aliphatic rings. The number of aromatic nitrogens is 1. The summed E-state index contributed by atoms with van der Waals surface area (Å²) in [6.45, 7) is 5.54. The molecule has 1 saturated heterocycles. The van der Waals surface area contributed by atoms with E-state index in [9.17, 15) is 23.0 Å². The summed E-state index contributed by atoms with van der Waals surface area (Å²) in [6.07, 6.45) is 1.27. The Morgan fingerprint density at radius 2 is 1.91 bits per heavy atom. The highest BCUT2D eigenvalue weighted by Crippen LogP contribution is 2.46. The number of nitriles is 1. The highest BCUT2D eigenvalue weighted by Gasteiger charge is 2.41. The minimum atomic E-state index is -4.64. The molecule has 1 aliphatic heterocycles. The Morgan fingerprint density at radius 3 is 2.56 bits per heavy atom. The van der Waals surface area contributed by atoms with Crippen molar-refractivity contribution in [3.63, 3.8) is 0 Å². The van der Waals surface area contributed by atoms with E-state index in [2.05, 4.69) is 16.0 Å². The van der Waals surface area contributed by atoms with Gasteiger partial charge in [-0.25, -0.2) is 0 Å². The first-order valence-electron chi connectivity index (χ1n) is 11.1. The van der Waals surface area contributed by atoms with Crippen LogP contribution in [0, 0.1) is 11.3 Å². The molecule has 0 unspecified atom stereocenters. The van der Waals surface area contributed by atoms with E-state index in [4.69, 9.17) is 4.74 Å². The number of aromatic amines is 1. The lowest BCUT2D eigenvalue weighted by atomic mass is 9.71. The molecule has 176 valence electrons. The predicted molar refractivity (Wildman–Crippen MR) is 126 cm³/mol. The Labute approximate surface area is 197 Å². The fraction of sp³-hybridized carbons (Fsp3) is 0.360. The van der Waals surface area contributed by atoms with Crippen LogP contribution in [-0.4, -0.2) is 54.9 Å². The number of piperidine rings is 1. The fourth-order valence-electron chi connectivity index (χ4n) is 5.08. The molecular formula is C25H25N3O5S. The average Bonchev–Trinajstić information content (AvgIpc) is 3.18. The van der Waals surface area contributed by atoms with Crippen LogP contribution in [0.4, 0.5) is 0 Å². The van der Waals surface area contributed by atoms with Crippen molar-refractivity contribution >= 4 is 26.8 Å². The normalized spacial score (nSPS) is 18.4. The highest BCUT2D eigenvalue weighted by atomic mass is 32.2. The maximum absolute atomic E-state index is 13.6. The number of ketones is 1. The lowest BCUT2D eigenvalue weighted by Crippen LogP contribution is -2.36. The Hall–Kier alpha value is -3.19. The molecule has 9 heteroatoms. The second-order valence-electron chi connectivity index (χ2n) is 9.64. The first-order chi connectivity index (χ1) is 16.0. The predicted octanol–water partition coefficient (Wildman–Crippen LogP) is 3.63. The number of H-pyrrole nitrogens is 1. The molecule has 8 nitrogen and oxygen atoms in total. The van der Waals surface area contributed by atoms with Crippen LogP contribution in [0.15, 0.2) is 35.2 Å². The summed E-state index contributed by atoms with van der Waals surface area (Å²) in [5.41, 5.74) is 2.42. The molecule has 0 saturated carbocycles. The summed E-state index contributed by atoms with van der Waals surface area (Å²) in [5, 5.41) is 9.92. The number of carbonyl (C=O) groups is 1. The maximum Gasteiger partial charge on any atom is 0.298 e. The Balaban J connectivity index is 1.69. The monoisotopic (exact) mass is 479 g/mol. The number of benzene rings is 2. The quantitative estimate of drug-likeness (QED) is 0.550. The molecule has 0 radical (unpaired) electrons. The van der Waals surface area contributed by atoms with Crippen LogP contribution < -0.4 is 4.74 Å². The van der Waals surface area contributed by atoms with Gasteiger partial charge in [0.2, 0.25) is 0 Å². The van der Waals surface area contributed by atoms with Crippen LogP contribution in [-0.2, 0) is 15.5 Å². The lowest BCUT2D eigenvalue weighted by molar-refractivity contribution is 0.103. The molecule has 2 heterocycles. The van der Waals surface area contributed by atoms with Gasteiger partial charge in [-0.3, -0.25) is 9.35 Å². The van der Waals surface area contributed by atoms with Crippen LogP contribution in [0.1, 0.15) is 59.4 Å². The van der Waals surface area contributed by atoms with Gasteiger partial charge in [-0.15, -0.1) is 0 Å². The first-order valence-corrected chi connectivity index (χ1v) is 12.6.